The standard InChI is InChI=1S/C35H43O8P/c1-9-43-44(24-35(2,36)25-16-11-10-12-17-25,32-26(37-3)18-13-19-27(32)38-4,33-28(39-5)20-14-21-29(33)40-6)34-30(41-7)22-15-23-31(34)42-8/h10-23,36H,9,24H2,1-8H3. The number of hydrogen-bond acceptors (Lipinski definition) is 8. The van der Waals surface area contributed by atoms with E-state index in [4.69, 9.17) is 32.9 Å². The van der Waals surface area contributed by atoms with Crippen LogP contribution in [0, 0.1) is 0 Å². The van der Waals surface area contributed by atoms with Gasteiger partial charge in [-0.05, 0) is 0 Å². The molecule has 0 aliphatic rings. The third-order valence-electron chi connectivity index (χ3n) is 8.04. The van der Waals surface area contributed by atoms with E-state index in [0.29, 0.717) is 56.0 Å². The van der Waals surface area contributed by atoms with E-state index in [0.717, 1.165) is 0 Å². The molecule has 0 radical (unpaired) electrons. The second kappa shape index (κ2) is 13.3. The Morgan fingerprint density at radius 1 is 0.523 bits per heavy atom. The van der Waals surface area contributed by atoms with Crippen molar-refractivity contribution >= 4 is 22.7 Å². The van der Waals surface area contributed by atoms with Gasteiger partial charge in [-0.3, -0.25) is 0 Å². The van der Waals surface area contributed by atoms with E-state index in [2.05, 4.69) is 0 Å². The SMILES string of the molecule is CCOP(CC(C)(O)c1ccccc1)(c1c(OC)cccc1OC)(c1c(OC)cccc1OC)c1c(OC)cccc1OC. The molecule has 9 heteroatoms. The number of aliphatic hydroxyl groups is 1. The van der Waals surface area contributed by atoms with Crippen molar-refractivity contribution in [2.45, 2.75) is 19.4 Å². The second-order valence-corrected chi connectivity index (χ2v) is 14.8. The number of methoxy groups -OCH3 is 6. The fraction of sp³-hybridized carbons (Fsp3) is 0.314. The predicted molar refractivity (Wildman–Crippen MR) is 177 cm³/mol. The Labute approximate surface area is 260 Å². The van der Waals surface area contributed by atoms with Crippen LogP contribution in [0.2, 0.25) is 0 Å². The summed E-state index contributed by atoms with van der Waals surface area (Å²) < 4.78 is 44.4. The molecular weight excluding hydrogens is 579 g/mol. The summed E-state index contributed by atoms with van der Waals surface area (Å²) in [5.74, 6) is 2.92. The van der Waals surface area contributed by atoms with E-state index in [1.807, 2.05) is 91.9 Å². The van der Waals surface area contributed by atoms with E-state index in [1.165, 1.54) is 0 Å². The summed E-state index contributed by atoms with van der Waals surface area (Å²) >= 11 is 0. The van der Waals surface area contributed by atoms with Gasteiger partial charge in [0.05, 0.1) is 0 Å². The van der Waals surface area contributed by atoms with Crippen LogP contribution in [0.3, 0.4) is 0 Å². The van der Waals surface area contributed by atoms with E-state index >= 15 is 0 Å². The molecule has 1 N–H and O–H groups in total. The molecule has 8 nitrogen and oxygen atoms in total. The summed E-state index contributed by atoms with van der Waals surface area (Å²) in [6.07, 6.45) is 0.000648. The van der Waals surface area contributed by atoms with Gasteiger partial charge in [0.2, 0.25) is 0 Å². The summed E-state index contributed by atoms with van der Waals surface area (Å²) in [5.41, 5.74) is -0.817. The molecule has 0 bridgehead atoms. The molecule has 4 rings (SSSR count). The van der Waals surface area contributed by atoms with Gasteiger partial charge in [0.25, 0.3) is 0 Å². The van der Waals surface area contributed by atoms with Gasteiger partial charge in [-0.15, -0.1) is 0 Å². The Morgan fingerprint density at radius 3 is 1.11 bits per heavy atom. The molecular formula is C35H43O8P. The minimum atomic E-state index is -4.74. The Hall–Kier alpha value is -3.97. The maximum atomic E-state index is 12.8. The van der Waals surface area contributed by atoms with Crippen molar-refractivity contribution < 1.29 is 38.1 Å². The molecule has 0 fully saturated rings. The first-order chi connectivity index (χ1) is 21.2. The Balaban J connectivity index is 2.51. The van der Waals surface area contributed by atoms with Gasteiger partial charge in [-0.2, -0.15) is 0 Å². The molecule has 0 spiro atoms. The first kappa shape index (κ1) is 32.9. The Kier molecular flexibility index (Phi) is 9.99. The quantitative estimate of drug-likeness (QED) is 0.187. The van der Waals surface area contributed by atoms with Crippen molar-refractivity contribution in [3.05, 3.63) is 90.5 Å². The maximum absolute atomic E-state index is 12.8. The molecule has 0 saturated carbocycles. The molecule has 1 atom stereocenters. The number of rotatable bonds is 14. The molecule has 0 aromatic heterocycles. The van der Waals surface area contributed by atoms with E-state index in [9.17, 15) is 5.11 Å². The molecule has 0 heterocycles. The monoisotopic (exact) mass is 622 g/mol. The van der Waals surface area contributed by atoms with Gasteiger partial charge in [-0.25, -0.2) is 0 Å². The normalized spacial score (nSPS) is 13.6. The van der Waals surface area contributed by atoms with E-state index in [1.54, 1.807) is 49.6 Å². The minimum absolute atomic E-state index is 0.000648. The van der Waals surface area contributed by atoms with Crippen LogP contribution in [0.4, 0.5) is 0 Å². The molecule has 0 amide bonds. The molecule has 44 heavy (non-hydrogen) atoms. The van der Waals surface area contributed by atoms with Crippen molar-refractivity contribution in [1.29, 1.82) is 0 Å². The second-order valence-electron chi connectivity index (χ2n) is 10.5. The zero-order valence-corrected chi connectivity index (χ0v) is 27.6. The van der Waals surface area contributed by atoms with Crippen molar-refractivity contribution in [3.63, 3.8) is 0 Å². The number of benzene rings is 4. The van der Waals surface area contributed by atoms with Crippen molar-refractivity contribution in [3.8, 4) is 34.5 Å². The van der Waals surface area contributed by atoms with Gasteiger partial charge in [0.1, 0.15) is 0 Å². The zero-order valence-electron chi connectivity index (χ0n) is 26.7. The molecule has 0 aliphatic heterocycles. The Bertz CT molecular complexity index is 1370. The molecule has 4 aromatic rings. The van der Waals surface area contributed by atoms with Crippen LogP contribution in [-0.4, -0.2) is 60.5 Å². The van der Waals surface area contributed by atoms with Crippen LogP contribution >= 0.6 is 6.83 Å². The van der Waals surface area contributed by atoms with Crippen LogP contribution in [-0.2, 0) is 10.1 Å². The van der Waals surface area contributed by atoms with E-state index < -0.39 is 12.4 Å². The Morgan fingerprint density at radius 2 is 0.841 bits per heavy atom. The molecule has 4 aromatic carbocycles. The van der Waals surface area contributed by atoms with Crippen LogP contribution in [0.5, 0.6) is 34.5 Å². The third kappa shape index (κ3) is 5.21. The molecule has 236 valence electrons. The van der Waals surface area contributed by atoms with Crippen molar-refractivity contribution in [2.24, 2.45) is 0 Å². The van der Waals surface area contributed by atoms with Gasteiger partial charge in [0, 0.05) is 0 Å². The van der Waals surface area contributed by atoms with Crippen LogP contribution in [0.25, 0.3) is 0 Å². The summed E-state index contributed by atoms with van der Waals surface area (Å²) in [6, 6.07) is 26.2. The van der Waals surface area contributed by atoms with Gasteiger partial charge in [-0.1, -0.05) is 0 Å². The van der Waals surface area contributed by atoms with Gasteiger partial charge < -0.3 is 0 Å². The number of ether oxygens (including phenoxy) is 6. The average Bonchev–Trinajstić information content (AvgIpc) is 3.07. The zero-order chi connectivity index (χ0) is 32.0. The van der Waals surface area contributed by atoms with Crippen LogP contribution in [0.1, 0.15) is 19.4 Å². The summed E-state index contributed by atoms with van der Waals surface area (Å²) in [5, 5.41) is 14.6. The summed E-state index contributed by atoms with van der Waals surface area (Å²) in [6.45, 7) is -0.819. The molecule has 1 unspecified atom stereocenters. The molecule has 0 aliphatic carbocycles. The fourth-order valence-corrected chi connectivity index (χ4v) is 13.8. The van der Waals surface area contributed by atoms with Gasteiger partial charge >= 0.3 is 261 Å². The van der Waals surface area contributed by atoms with E-state index in [-0.39, 0.29) is 12.8 Å². The predicted octanol–water partition coefficient (Wildman–Crippen LogP) is 5.43. The van der Waals surface area contributed by atoms with Crippen LogP contribution < -0.4 is 44.3 Å². The summed E-state index contributed by atoms with van der Waals surface area (Å²) in [7, 11) is 9.61. The first-order valence-corrected chi connectivity index (χ1v) is 16.6. The first-order valence-electron chi connectivity index (χ1n) is 14.3. The molecule has 0 saturated heterocycles. The summed E-state index contributed by atoms with van der Waals surface area (Å²) in [4.78, 5) is 0. The van der Waals surface area contributed by atoms with Crippen molar-refractivity contribution in [2.75, 3.05) is 55.4 Å². The van der Waals surface area contributed by atoms with Gasteiger partial charge in [0.15, 0.2) is 0 Å². The third-order valence-corrected chi connectivity index (χ3v) is 14.3. The topological polar surface area (TPSA) is 84.8 Å². The number of hydrogen-bond donors (Lipinski definition) is 1. The van der Waals surface area contributed by atoms with Crippen molar-refractivity contribution in [1.82, 2.24) is 0 Å². The average molecular weight is 623 g/mol. The fourth-order valence-electron chi connectivity index (χ4n) is 6.47. The van der Waals surface area contributed by atoms with Crippen LogP contribution in [0.15, 0.2) is 84.9 Å².